The zero-order valence-electron chi connectivity index (χ0n) is 10.9. The van der Waals surface area contributed by atoms with Gasteiger partial charge < -0.3 is 14.0 Å². The summed E-state index contributed by atoms with van der Waals surface area (Å²) in [5, 5.41) is 1.29. The fraction of sp³-hybridized carbons (Fsp3) is 0.467. The van der Waals surface area contributed by atoms with Gasteiger partial charge in [-0.3, -0.25) is 0 Å². The van der Waals surface area contributed by atoms with Crippen molar-refractivity contribution in [2.24, 2.45) is 0 Å². The van der Waals surface area contributed by atoms with Gasteiger partial charge in [0.2, 0.25) is 0 Å². The van der Waals surface area contributed by atoms with Gasteiger partial charge in [0.1, 0.15) is 0 Å². The molecule has 2 heterocycles. The molecule has 3 heteroatoms. The Bertz CT molecular complexity index is 544. The number of aryl methyl sites for hydroxylation is 1. The molecule has 3 rings (SSSR count). The highest BCUT2D eigenvalue weighted by Crippen LogP contribution is 2.25. The van der Waals surface area contributed by atoms with E-state index in [0.29, 0.717) is 6.61 Å². The summed E-state index contributed by atoms with van der Waals surface area (Å²) in [5.41, 5.74) is 1.29. The predicted molar refractivity (Wildman–Crippen MR) is 71.5 cm³/mol. The Kier molecular flexibility index (Phi) is 2.88. The van der Waals surface area contributed by atoms with Crippen LogP contribution in [0.3, 0.4) is 0 Å². The van der Waals surface area contributed by atoms with Gasteiger partial charge in [-0.1, -0.05) is 18.2 Å². The average Bonchev–Trinajstić information content (AvgIpc) is 2.90. The molecule has 1 atom stereocenters. The second kappa shape index (κ2) is 4.41. The van der Waals surface area contributed by atoms with Crippen LogP contribution in [0.15, 0.2) is 36.5 Å². The number of hydrogen-bond donors (Lipinski definition) is 0. The molecular weight excluding hydrogens is 226 g/mol. The van der Waals surface area contributed by atoms with E-state index in [1.807, 2.05) is 13.8 Å². The zero-order chi connectivity index (χ0) is 12.6. The molecule has 0 bridgehead atoms. The third-order valence-electron chi connectivity index (χ3n) is 3.44. The highest BCUT2D eigenvalue weighted by atomic mass is 16.7. The van der Waals surface area contributed by atoms with Crippen molar-refractivity contribution in [1.29, 1.82) is 0 Å². The summed E-state index contributed by atoms with van der Waals surface area (Å²) in [6, 6.07) is 10.6. The molecule has 18 heavy (non-hydrogen) atoms. The van der Waals surface area contributed by atoms with Crippen LogP contribution >= 0.6 is 0 Å². The Morgan fingerprint density at radius 1 is 1.28 bits per heavy atom. The third kappa shape index (κ3) is 2.28. The molecule has 0 radical (unpaired) electrons. The fourth-order valence-corrected chi connectivity index (χ4v) is 2.52. The van der Waals surface area contributed by atoms with Crippen molar-refractivity contribution in [2.45, 2.75) is 38.7 Å². The minimum Gasteiger partial charge on any atom is -0.348 e. The van der Waals surface area contributed by atoms with E-state index < -0.39 is 5.79 Å². The fourth-order valence-electron chi connectivity index (χ4n) is 2.52. The number of benzene rings is 1. The zero-order valence-corrected chi connectivity index (χ0v) is 10.9. The quantitative estimate of drug-likeness (QED) is 0.829. The van der Waals surface area contributed by atoms with E-state index in [1.54, 1.807) is 0 Å². The van der Waals surface area contributed by atoms with E-state index in [0.717, 1.165) is 13.0 Å². The highest BCUT2D eigenvalue weighted by Gasteiger charge is 2.32. The first-order valence-electron chi connectivity index (χ1n) is 6.50. The van der Waals surface area contributed by atoms with Crippen molar-refractivity contribution in [1.82, 2.24) is 4.57 Å². The number of rotatable bonds is 3. The van der Waals surface area contributed by atoms with Crippen LogP contribution in [-0.2, 0) is 16.0 Å². The summed E-state index contributed by atoms with van der Waals surface area (Å²) in [7, 11) is 0. The topological polar surface area (TPSA) is 23.4 Å². The molecule has 2 aromatic rings. The van der Waals surface area contributed by atoms with Crippen LogP contribution in [0.1, 0.15) is 20.3 Å². The van der Waals surface area contributed by atoms with Crippen LogP contribution in [0.25, 0.3) is 10.9 Å². The summed E-state index contributed by atoms with van der Waals surface area (Å²) in [5.74, 6) is -0.413. The molecule has 3 nitrogen and oxygen atoms in total. The first-order valence-corrected chi connectivity index (χ1v) is 6.50. The molecule has 0 saturated carbocycles. The number of aromatic nitrogens is 1. The SMILES string of the molecule is CC1(C)OCC(CCn2ccc3ccccc32)O1. The van der Waals surface area contributed by atoms with Crippen LogP contribution in [0.5, 0.6) is 0 Å². The minimum absolute atomic E-state index is 0.209. The van der Waals surface area contributed by atoms with Crippen molar-refractivity contribution >= 4 is 10.9 Å². The molecule has 96 valence electrons. The lowest BCUT2D eigenvalue weighted by Crippen LogP contribution is -2.22. The van der Waals surface area contributed by atoms with Gasteiger partial charge in [-0.2, -0.15) is 0 Å². The molecule has 1 aromatic heterocycles. The van der Waals surface area contributed by atoms with Gasteiger partial charge >= 0.3 is 0 Å². The lowest BCUT2D eigenvalue weighted by Gasteiger charge is -2.17. The summed E-state index contributed by atoms with van der Waals surface area (Å²) in [6.07, 6.45) is 3.34. The summed E-state index contributed by atoms with van der Waals surface area (Å²) >= 11 is 0. The van der Waals surface area contributed by atoms with Gasteiger partial charge in [0, 0.05) is 18.3 Å². The summed E-state index contributed by atoms with van der Waals surface area (Å²) in [4.78, 5) is 0. The second-order valence-electron chi connectivity index (χ2n) is 5.31. The molecule has 0 spiro atoms. The van der Waals surface area contributed by atoms with Gasteiger partial charge in [0.05, 0.1) is 12.7 Å². The smallest absolute Gasteiger partial charge is 0.163 e. The Morgan fingerprint density at radius 3 is 2.89 bits per heavy atom. The summed E-state index contributed by atoms with van der Waals surface area (Å²) < 4.78 is 13.7. The van der Waals surface area contributed by atoms with Crippen LogP contribution in [0, 0.1) is 0 Å². The van der Waals surface area contributed by atoms with Crippen LogP contribution in [0.2, 0.25) is 0 Å². The van der Waals surface area contributed by atoms with Crippen molar-refractivity contribution in [3.8, 4) is 0 Å². The first kappa shape index (κ1) is 11.8. The maximum atomic E-state index is 5.82. The van der Waals surface area contributed by atoms with Crippen molar-refractivity contribution < 1.29 is 9.47 Å². The molecule has 1 aliphatic rings. The van der Waals surface area contributed by atoms with Gasteiger partial charge in [-0.15, -0.1) is 0 Å². The molecular formula is C15H19NO2. The predicted octanol–water partition coefficient (Wildman–Crippen LogP) is 3.18. The number of nitrogens with zero attached hydrogens (tertiary/aromatic N) is 1. The molecule has 1 aliphatic heterocycles. The van der Waals surface area contributed by atoms with Crippen molar-refractivity contribution in [2.75, 3.05) is 6.61 Å². The monoisotopic (exact) mass is 245 g/mol. The van der Waals surface area contributed by atoms with E-state index in [2.05, 4.69) is 41.1 Å². The Labute approximate surface area is 107 Å². The molecule has 1 saturated heterocycles. The number of ether oxygens (including phenoxy) is 2. The maximum Gasteiger partial charge on any atom is 0.163 e. The van der Waals surface area contributed by atoms with E-state index in [9.17, 15) is 0 Å². The molecule has 1 fully saturated rings. The molecule has 1 aromatic carbocycles. The van der Waals surface area contributed by atoms with Crippen LogP contribution in [-0.4, -0.2) is 23.1 Å². The first-order chi connectivity index (χ1) is 8.64. The van der Waals surface area contributed by atoms with Gasteiger partial charge in [-0.05, 0) is 37.8 Å². The average molecular weight is 245 g/mol. The minimum atomic E-state index is -0.413. The van der Waals surface area contributed by atoms with E-state index in [-0.39, 0.29) is 6.10 Å². The third-order valence-corrected chi connectivity index (χ3v) is 3.44. The lowest BCUT2D eigenvalue weighted by atomic mass is 10.2. The molecule has 1 unspecified atom stereocenters. The van der Waals surface area contributed by atoms with E-state index >= 15 is 0 Å². The Balaban J connectivity index is 1.67. The number of fused-ring (bicyclic) bond motifs is 1. The van der Waals surface area contributed by atoms with Crippen LogP contribution < -0.4 is 0 Å². The van der Waals surface area contributed by atoms with E-state index in [4.69, 9.17) is 9.47 Å². The van der Waals surface area contributed by atoms with Crippen molar-refractivity contribution in [3.63, 3.8) is 0 Å². The maximum absolute atomic E-state index is 5.82. The van der Waals surface area contributed by atoms with Gasteiger partial charge in [0.15, 0.2) is 5.79 Å². The number of hydrogen-bond acceptors (Lipinski definition) is 2. The highest BCUT2D eigenvalue weighted by molar-refractivity contribution is 5.79. The molecule has 0 amide bonds. The Hall–Kier alpha value is -1.32. The molecule has 0 aliphatic carbocycles. The lowest BCUT2D eigenvalue weighted by molar-refractivity contribution is -0.139. The van der Waals surface area contributed by atoms with E-state index in [1.165, 1.54) is 10.9 Å². The second-order valence-corrected chi connectivity index (χ2v) is 5.31. The van der Waals surface area contributed by atoms with Crippen molar-refractivity contribution in [3.05, 3.63) is 36.5 Å². The van der Waals surface area contributed by atoms with Crippen LogP contribution in [0.4, 0.5) is 0 Å². The standard InChI is InChI=1S/C15H19NO2/c1-15(2)17-11-13(18-15)8-10-16-9-7-12-5-3-4-6-14(12)16/h3-7,9,13H,8,10-11H2,1-2H3. The normalized spacial score (nSPS) is 22.7. The van der Waals surface area contributed by atoms with Gasteiger partial charge in [0.25, 0.3) is 0 Å². The summed E-state index contributed by atoms with van der Waals surface area (Å²) in [6.45, 7) is 5.61. The molecule has 0 N–H and O–H groups in total. The Morgan fingerprint density at radius 2 is 2.11 bits per heavy atom. The largest absolute Gasteiger partial charge is 0.348 e. The number of para-hydroxylation sites is 1. The van der Waals surface area contributed by atoms with Gasteiger partial charge in [-0.25, -0.2) is 0 Å².